The first-order valence-corrected chi connectivity index (χ1v) is 9.74. The van der Waals surface area contributed by atoms with Crippen LogP contribution in [0.1, 0.15) is 10.4 Å². The predicted octanol–water partition coefficient (Wildman–Crippen LogP) is 4.88. The van der Waals surface area contributed by atoms with Gasteiger partial charge >= 0.3 is 0 Å². The maximum atomic E-state index is 12.4. The molecule has 23 heavy (non-hydrogen) atoms. The highest BCUT2D eigenvalue weighted by Crippen LogP contribution is 2.30. The van der Waals surface area contributed by atoms with Gasteiger partial charge in [-0.05, 0) is 42.7 Å². The van der Waals surface area contributed by atoms with Crippen LogP contribution in [0.15, 0.2) is 46.2 Å². The topological polar surface area (TPSA) is 54.9 Å². The molecule has 4 aromatic rings. The van der Waals surface area contributed by atoms with Gasteiger partial charge in [-0.1, -0.05) is 11.8 Å². The maximum absolute atomic E-state index is 12.4. The van der Waals surface area contributed by atoms with E-state index < -0.39 is 0 Å². The van der Waals surface area contributed by atoms with E-state index in [0.717, 1.165) is 30.5 Å². The van der Waals surface area contributed by atoms with Gasteiger partial charge in [-0.2, -0.15) is 0 Å². The summed E-state index contributed by atoms with van der Waals surface area (Å²) in [6, 6.07) is 11.3. The fourth-order valence-electron chi connectivity index (χ4n) is 2.27. The Bertz CT molecular complexity index is 1020. The molecule has 114 valence electrons. The van der Waals surface area contributed by atoms with Crippen molar-refractivity contribution < 1.29 is 4.79 Å². The van der Waals surface area contributed by atoms with Crippen molar-refractivity contribution in [3.05, 3.63) is 47.5 Å². The number of rotatable bonds is 3. The van der Waals surface area contributed by atoms with Crippen molar-refractivity contribution >= 4 is 66.5 Å². The van der Waals surface area contributed by atoms with Gasteiger partial charge in [-0.25, -0.2) is 9.97 Å². The molecule has 0 aliphatic heterocycles. The normalized spacial score (nSPS) is 11.2. The molecule has 1 N–H and O–H groups in total. The summed E-state index contributed by atoms with van der Waals surface area (Å²) in [5.74, 6) is -0.116. The molecule has 0 spiro atoms. The van der Waals surface area contributed by atoms with Gasteiger partial charge in [0.1, 0.15) is 0 Å². The number of thioether (sulfide) groups is 1. The number of anilines is 1. The molecular weight excluding hydrogens is 346 g/mol. The molecule has 4 nitrogen and oxygen atoms in total. The highest BCUT2D eigenvalue weighted by Gasteiger charge is 2.10. The van der Waals surface area contributed by atoms with Gasteiger partial charge in [0.05, 0.1) is 25.9 Å². The number of nitrogens with zero attached hydrogens (tertiary/aromatic N) is 2. The number of carbonyl (C=O) groups excluding carboxylic acids is 1. The molecule has 0 bridgehead atoms. The number of carbonyl (C=O) groups is 1. The fraction of sp³-hybridized carbons (Fsp3) is 0.0625. The first-order chi connectivity index (χ1) is 11.2. The van der Waals surface area contributed by atoms with Crippen LogP contribution in [0.3, 0.4) is 0 Å². The van der Waals surface area contributed by atoms with E-state index in [9.17, 15) is 4.79 Å². The number of nitrogens with one attached hydrogen (secondary N) is 1. The van der Waals surface area contributed by atoms with E-state index in [-0.39, 0.29) is 5.91 Å². The molecule has 0 saturated carbocycles. The Kier molecular flexibility index (Phi) is 3.76. The van der Waals surface area contributed by atoms with Crippen molar-refractivity contribution in [3.8, 4) is 0 Å². The number of hydrogen-bond donors (Lipinski definition) is 1. The van der Waals surface area contributed by atoms with Gasteiger partial charge in [-0.15, -0.1) is 22.7 Å². The van der Waals surface area contributed by atoms with Crippen LogP contribution in [0.2, 0.25) is 0 Å². The van der Waals surface area contributed by atoms with E-state index in [2.05, 4.69) is 15.3 Å². The predicted molar refractivity (Wildman–Crippen MR) is 99.0 cm³/mol. The third kappa shape index (κ3) is 2.83. The summed E-state index contributed by atoms with van der Waals surface area (Å²) in [5, 5.41) is 2.95. The Morgan fingerprint density at radius 1 is 1.13 bits per heavy atom. The largest absolute Gasteiger partial charge is 0.322 e. The monoisotopic (exact) mass is 357 g/mol. The molecule has 1 amide bonds. The average Bonchev–Trinajstić information content (AvgIpc) is 3.19. The van der Waals surface area contributed by atoms with Crippen LogP contribution in [0, 0.1) is 0 Å². The maximum Gasteiger partial charge on any atom is 0.255 e. The summed E-state index contributed by atoms with van der Waals surface area (Å²) in [5.41, 5.74) is 5.08. The molecule has 4 rings (SSSR count). The van der Waals surface area contributed by atoms with Gasteiger partial charge < -0.3 is 5.32 Å². The van der Waals surface area contributed by atoms with Gasteiger partial charge in [0.25, 0.3) is 5.91 Å². The van der Waals surface area contributed by atoms with Crippen LogP contribution in [0.25, 0.3) is 20.4 Å². The average molecular weight is 357 g/mol. The molecule has 0 radical (unpaired) electrons. The van der Waals surface area contributed by atoms with Crippen LogP contribution < -0.4 is 5.32 Å². The highest BCUT2D eigenvalue weighted by atomic mass is 32.2. The van der Waals surface area contributed by atoms with Crippen molar-refractivity contribution in [2.45, 2.75) is 4.34 Å². The smallest absolute Gasteiger partial charge is 0.255 e. The fourth-order valence-corrected chi connectivity index (χ4v) is 4.51. The summed E-state index contributed by atoms with van der Waals surface area (Å²) >= 11 is 4.79. The summed E-state index contributed by atoms with van der Waals surface area (Å²) in [4.78, 5) is 21.2. The molecule has 2 aromatic carbocycles. The zero-order chi connectivity index (χ0) is 15.8. The van der Waals surface area contributed by atoms with Crippen molar-refractivity contribution in [2.75, 3.05) is 11.6 Å². The molecule has 0 aliphatic rings. The lowest BCUT2D eigenvalue weighted by Crippen LogP contribution is -2.11. The zero-order valence-electron chi connectivity index (χ0n) is 12.1. The number of hydrogen-bond acceptors (Lipinski definition) is 6. The van der Waals surface area contributed by atoms with E-state index in [1.54, 1.807) is 34.7 Å². The molecule has 7 heteroatoms. The zero-order valence-corrected chi connectivity index (χ0v) is 14.5. The van der Waals surface area contributed by atoms with Crippen molar-refractivity contribution in [3.63, 3.8) is 0 Å². The lowest BCUT2D eigenvalue weighted by molar-refractivity contribution is 0.102. The van der Waals surface area contributed by atoms with Gasteiger partial charge in [0.15, 0.2) is 4.34 Å². The van der Waals surface area contributed by atoms with Crippen molar-refractivity contribution in [1.82, 2.24) is 9.97 Å². The number of aromatic nitrogens is 2. The Balaban J connectivity index is 1.62. The molecule has 2 heterocycles. The third-order valence-electron chi connectivity index (χ3n) is 3.39. The van der Waals surface area contributed by atoms with Gasteiger partial charge in [-0.3, -0.25) is 4.79 Å². The van der Waals surface area contributed by atoms with Crippen molar-refractivity contribution in [2.24, 2.45) is 0 Å². The van der Waals surface area contributed by atoms with E-state index in [4.69, 9.17) is 0 Å². The molecule has 0 unspecified atom stereocenters. The van der Waals surface area contributed by atoms with Crippen LogP contribution in [0.5, 0.6) is 0 Å². The second kappa shape index (κ2) is 5.92. The second-order valence-electron chi connectivity index (χ2n) is 4.86. The Labute approximate surface area is 144 Å². The van der Waals surface area contributed by atoms with Crippen LogP contribution in [0.4, 0.5) is 5.69 Å². The third-order valence-corrected chi connectivity index (χ3v) is 6.19. The highest BCUT2D eigenvalue weighted by molar-refractivity contribution is 8.00. The Hall–Kier alpha value is -1.96. The molecule has 0 saturated heterocycles. The first-order valence-electron chi connectivity index (χ1n) is 6.82. The summed E-state index contributed by atoms with van der Waals surface area (Å²) in [7, 11) is 0. The van der Waals surface area contributed by atoms with Crippen LogP contribution >= 0.6 is 34.4 Å². The number of benzene rings is 2. The summed E-state index contributed by atoms with van der Waals surface area (Å²) in [6.45, 7) is 0. The van der Waals surface area contributed by atoms with Crippen molar-refractivity contribution in [1.29, 1.82) is 0 Å². The molecule has 2 aromatic heterocycles. The molecule has 0 fully saturated rings. The van der Waals surface area contributed by atoms with E-state index in [1.165, 1.54) is 11.3 Å². The van der Waals surface area contributed by atoms with E-state index >= 15 is 0 Å². The van der Waals surface area contributed by atoms with Crippen LogP contribution in [-0.2, 0) is 0 Å². The molecule has 0 atom stereocenters. The number of amides is 1. The minimum absolute atomic E-state index is 0.116. The lowest BCUT2D eigenvalue weighted by Gasteiger charge is -2.05. The van der Waals surface area contributed by atoms with Gasteiger partial charge in [0.2, 0.25) is 0 Å². The minimum Gasteiger partial charge on any atom is -0.322 e. The number of thiazole rings is 2. The summed E-state index contributed by atoms with van der Waals surface area (Å²) < 4.78 is 3.12. The Morgan fingerprint density at radius 3 is 2.87 bits per heavy atom. The Morgan fingerprint density at radius 2 is 2.00 bits per heavy atom. The van der Waals surface area contributed by atoms with E-state index in [0.29, 0.717) is 5.56 Å². The van der Waals surface area contributed by atoms with E-state index in [1.807, 2.05) is 36.6 Å². The minimum atomic E-state index is -0.116. The number of fused-ring (bicyclic) bond motifs is 2. The molecular formula is C16H11N3OS3. The SMILES string of the molecule is CSc1nc2ccc(NC(=O)c3ccc4ncsc4c3)cc2s1. The standard InChI is InChI=1S/C16H11N3OS3/c1-21-16-19-12-5-3-10(7-14(12)23-16)18-15(20)9-2-4-11-13(6-9)22-8-17-11/h2-8H,1H3,(H,18,20). The van der Waals surface area contributed by atoms with Gasteiger partial charge in [0, 0.05) is 11.3 Å². The quantitative estimate of drug-likeness (QED) is 0.531. The first kappa shape index (κ1) is 14.6. The lowest BCUT2D eigenvalue weighted by atomic mass is 10.2. The molecule has 0 aliphatic carbocycles. The second-order valence-corrected chi connectivity index (χ2v) is 7.83. The summed E-state index contributed by atoms with van der Waals surface area (Å²) in [6.07, 6.45) is 2.01. The van der Waals surface area contributed by atoms with Crippen LogP contribution in [-0.4, -0.2) is 22.1 Å².